The first-order valence-electron chi connectivity index (χ1n) is 7.78. The molecule has 2 N–H and O–H groups in total. The average Bonchev–Trinajstić information content (AvgIpc) is 2.98. The molecule has 2 heterocycles. The van der Waals surface area contributed by atoms with Gasteiger partial charge >= 0.3 is 0 Å². The van der Waals surface area contributed by atoms with Gasteiger partial charge in [-0.2, -0.15) is 0 Å². The summed E-state index contributed by atoms with van der Waals surface area (Å²) in [6.45, 7) is 11.6. The Morgan fingerprint density at radius 2 is 2.00 bits per heavy atom. The first-order chi connectivity index (χ1) is 9.04. The van der Waals surface area contributed by atoms with Gasteiger partial charge in [0.1, 0.15) is 0 Å². The van der Waals surface area contributed by atoms with E-state index in [1.165, 1.54) is 25.9 Å². The van der Waals surface area contributed by atoms with Crippen molar-refractivity contribution in [2.24, 2.45) is 11.3 Å². The summed E-state index contributed by atoms with van der Waals surface area (Å²) in [5.41, 5.74) is -0.195. The number of carbonyl (C=O) groups is 1. The van der Waals surface area contributed by atoms with E-state index in [0.29, 0.717) is 5.92 Å². The topological polar surface area (TPSA) is 44.4 Å². The maximum absolute atomic E-state index is 12.6. The third-order valence-electron chi connectivity index (χ3n) is 4.85. The minimum absolute atomic E-state index is 0.195. The summed E-state index contributed by atoms with van der Waals surface area (Å²) >= 11 is 0. The Labute approximate surface area is 117 Å². The van der Waals surface area contributed by atoms with Crippen molar-refractivity contribution in [3.8, 4) is 0 Å². The molecule has 0 radical (unpaired) electrons. The highest BCUT2D eigenvalue weighted by molar-refractivity contribution is 5.83. The van der Waals surface area contributed by atoms with Gasteiger partial charge in [-0.05, 0) is 51.7 Å². The van der Waals surface area contributed by atoms with Crippen LogP contribution < -0.4 is 10.6 Å². The van der Waals surface area contributed by atoms with E-state index in [-0.39, 0.29) is 17.4 Å². The maximum atomic E-state index is 12.6. The molecular weight excluding hydrogens is 238 g/mol. The minimum Gasteiger partial charge on any atom is -0.352 e. The molecule has 0 saturated carbocycles. The third-order valence-corrected chi connectivity index (χ3v) is 4.85. The number of nitrogens with zero attached hydrogens (tertiary/aromatic N) is 1. The Hall–Kier alpha value is -0.610. The molecule has 2 atom stereocenters. The smallest absolute Gasteiger partial charge is 0.228 e. The molecule has 0 aromatic rings. The van der Waals surface area contributed by atoms with Crippen LogP contribution in [0.5, 0.6) is 0 Å². The molecular formula is C15H29N3O. The third kappa shape index (κ3) is 3.29. The lowest BCUT2D eigenvalue weighted by atomic mass is 9.75. The van der Waals surface area contributed by atoms with Gasteiger partial charge < -0.3 is 15.5 Å². The molecule has 4 heteroatoms. The van der Waals surface area contributed by atoms with Crippen LogP contribution in [0.1, 0.15) is 40.0 Å². The Morgan fingerprint density at radius 1 is 1.32 bits per heavy atom. The van der Waals surface area contributed by atoms with Crippen LogP contribution in [-0.2, 0) is 4.79 Å². The molecule has 0 aromatic carbocycles. The standard InChI is InChI=1S/C15H29N3O/c1-12(2)15(6-7-16-11-15)14(19)17-13(3)10-18-8-4-5-9-18/h12-13,16H,4-11H2,1-3H3,(H,17,19). The average molecular weight is 267 g/mol. The zero-order chi connectivity index (χ0) is 13.9. The summed E-state index contributed by atoms with van der Waals surface area (Å²) in [5, 5.41) is 6.60. The number of hydrogen-bond donors (Lipinski definition) is 2. The van der Waals surface area contributed by atoms with E-state index >= 15 is 0 Å². The van der Waals surface area contributed by atoms with E-state index < -0.39 is 0 Å². The van der Waals surface area contributed by atoms with Gasteiger partial charge in [-0.1, -0.05) is 13.8 Å². The largest absolute Gasteiger partial charge is 0.352 e. The van der Waals surface area contributed by atoms with Gasteiger partial charge in [-0.3, -0.25) is 4.79 Å². The SMILES string of the molecule is CC(CN1CCCC1)NC(=O)C1(C(C)C)CCNC1. The molecule has 2 aliphatic rings. The summed E-state index contributed by atoms with van der Waals surface area (Å²) < 4.78 is 0. The van der Waals surface area contributed by atoms with E-state index in [1.807, 2.05) is 0 Å². The van der Waals surface area contributed by atoms with Crippen molar-refractivity contribution < 1.29 is 4.79 Å². The zero-order valence-electron chi connectivity index (χ0n) is 12.7. The fraction of sp³-hybridized carbons (Fsp3) is 0.933. The summed E-state index contributed by atoms with van der Waals surface area (Å²) in [6.07, 6.45) is 3.58. The maximum Gasteiger partial charge on any atom is 0.228 e. The van der Waals surface area contributed by atoms with Crippen molar-refractivity contribution in [3.05, 3.63) is 0 Å². The van der Waals surface area contributed by atoms with Crippen molar-refractivity contribution in [1.29, 1.82) is 0 Å². The van der Waals surface area contributed by atoms with Gasteiger partial charge in [0.15, 0.2) is 0 Å². The molecule has 110 valence electrons. The number of hydrogen-bond acceptors (Lipinski definition) is 3. The quantitative estimate of drug-likeness (QED) is 0.787. The van der Waals surface area contributed by atoms with E-state index in [4.69, 9.17) is 0 Å². The Bertz CT molecular complexity index is 305. The first-order valence-corrected chi connectivity index (χ1v) is 7.78. The summed E-state index contributed by atoms with van der Waals surface area (Å²) in [5.74, 6) is 0.640. The highest BCUT2D eigenvalue weighted by atomic mass is 16.2. The highest BCUT2D eigenvalue weighted by Gasteiger charge is 2.44. The fourth-order valence-corrected chi connectivity index (χ4v) is 3.43. The summed E-state index contributed by atoms with van der Waals surface area (Å²) in [6, 6.07) is 0.252. The molecule has 0 spiro atoms. The highest BCUT2D eigenvalue weighted by Crippen LogP contribution is 2.34. The molecule has 2 aliphatic heterocycles. The van der Waals surface area contributed by atoms with Crippen molar-refractivity contribution in [2.75, 3.05) is 32.7 Å². The van der Waals surface area contributed by atoms with Gasteiger partial charge in [-0.25, -0.2) is 0 Å². The van der Waals surface area contributed by atoms with Crippen LogP contribution in [0.2, 0.25) is 0 Å². The molecule has 0 aromatic heterocycles. The van der Waals surface area contributed by atoms with Gasteiger partial charge in [-0.15, -0.1) is 0 Å². The number of likely N-dealkylation sites (tertiary alicyclic amines) is 1. The van der Waals surface area contributed by atoms with Crippen molar-refractivity contribution in [3.63, 3.8) is 0 Å². The zero-order valence-corrected chi connectivity index (χ0v) is 12.7. The van der Waals surface area contributed by atoms with E-state index in [2.05, 4.69) is 36.3 Å². The van der Waals surface area contributed by atoms with Crippen LogP contribution in [0.3, 0.4) is 0 Å². The second-order valence-electron chi connectivity index (χ2n) is 6.62. The molecule has 2 fully saturated rings. The molecule has 2 rings (SSSR count). The van der Waals surface area contributed by atoms with Crippen molar-refractivity contribution in [2.45, 2.75) is 46.1 Å². The van der Waals surface area contributed by atoms with E-state index in [9.17, 15) is 4.79 Å². The predicted octanol–water partition coefficient (Wildman–Crippen LogP) is 1.22. The lowest BCUT2D eigenvalue weighted by Crippen LogP contribution is -2.51. The Morgan fingerprint density at radius 3 is 2.53 bits per heavy atom. The molecule has 1 amide bonds. The number of amides is 1. The molecule has 2 unspecified atom stereocenters. The van der Waals surface area contributed by atoms with Crippen LogP contribution in [-0.4, -0.2) is 49.6 Å². The molecule has 2 saturated heterocycles. The lowest BCUT2D eigenvalue weighted by molar-refractivity contribution is -0.133. The molecule has 0 bridgehead atoms. The van der Waals surface area contributed by atoms with Gasteiger partial charge in [0.2, 0.25) is 5.91 Å². The van der Waals surface area contributed by atoms with Crippen molar-refractivity contribution in [1.82, 2.24) is 15.5 Å². The van der Waals surface area contributed by atoms with E-state index in [0.717, 1.165) is 26.1 Å². The first kappa shape index (κ1) is 14.8. The summed E-state index contributed by atoms with van der Waals surface area (Å²) in [4.78, 5) is 15.1. The van der Waals surface area contributed by atoms with Gasteiger partial charge in [0, 0.05) is 19.1 Å². The molecule has 0 aliphatic carbocycles. The van der Waals surface area contributed by atoms with Gasteiger partial charge in [0.25, 0.3) is 0 Å². The normalized spacial score (nSPS) is 29.9. The minimum atomic E-state index is -0.195. The molecule has 4 nitrogen and oxygen atoms in total. The van der Waals surface area contributed by atoms with E-state index in [1.54, 1.807) is 0 Å². The monoisotopic (exact) mass is 267 g/mol. The van der Waals surface area contributed by atoms with Crippen LogP contribution in [0.15, 0.2) is 0 Å². The summed E-state index contributed by atoms with van der Waals surface area (Å²) in [7, 11) is 0. The Kier molecular flexibility index (Phi) is 4.85. The predicted molar refractivity (Wildman–Crippen MR) is 78.0 cm³/mol. The second kappa shape index (κ2) is 6.23. The number of nitrogens with one attached hydrogen (secondary N) is 2. The lowest BCUT2D eigenvalue weighted by Gasteiger charge is -2.33. The van der Waals surface area contributed by atoms with Crippen LogP contribution in [0, 0.1) is 11.3 Å². The fourth-order valence-electron chi connectivity index (χ4n) is 3.43. The van der Waals surface area contributed by atoms with Crippen LogP contribution in [0.4, 0.5) is 0 Å². The number of rotatable bonds is 5. The number of carbonyl (C=O) groups excluding carboxylic acids is 1. The Balaban J connectivity index is 1.87. The van der Waals surface area contributed by atoms with Crippen molar-refractivity contribution >= 4 is 5.91 Å². The van der Waals surface area contributed by atoms with Gasteiger partial charge in [0.05, 0.1) is 5.41 Å². The van der Waals surface area contributed by atoms with Crippen LogP contribution >= 0.6 is 0 Å². The second-order valence-corrected chi connectivity index (χ2v) is 6.62. The molecule has 19 heavy (non-hydrogen) atoms. The van der Waals surface area contributed by atoms with Crippen LogP contribution in [0.25, 0.3) is 0 Å².